The normalized spacial score (nSPS) is 11.2. The van der Waals surface area contributed by atoms with Crippen LogP contribution in [0, 0.1) is 5.21 Å². The highest BCUT2D eigenvalue weighted by atomic mass is 32.1. The van der Waals surface area contributed by atoms with Gasteiger partial charge in [-0.3, -0.25) is 4.79 Å². The van der Waals surface area contributed by atoms with E-state index in [1.54, 1.807) is 25.1 Å². The van der Waals surface area contributed by atoms with E-state index in [0.717, 1.165) is 17.4 Å². The zero-order chi connectivity index (χ0) is 21.7. The second-order valence-electron chi connectivity index (χ2n) is 5.91. The number of carbonyl (C=O) groups is 1. The molecule has 30 heavy (non-hydrogen) atoms. The lowest BCUT2D eigenvalue weighted by atomic mass is 10.2. The number of hydrogen-bond acceptors (Lipinski definition) is 6. The van der Waals surface area contributed by atoms with Gasteiger partial charge in [-0.1, -0.05) is 0 Å². The van der Waals surface area contributed by atoms with Gasteiger partial charge in [0.2, 0.25) is 5.69 Å². The number of carbonyl (C=O) groups excluding carboxylic acids is 1. The predicted molar refractivity (Wildman–Crippen MR) is 102 cm³/mol. The van der Waals surface area contributed by atoms with Gasteiger partial charge in [0.25, 0.3) is 5.91 Å². The van der Waals surface area contributed by atoms with Crippen LogP contribution in [0.3, 0.4) is 0 Å². The number of benzene rings is 1. The molecule has 0 saturated carbocycles. The van der Waals surface area contributed by atoms with Crippen LogP contribution < -0.4 is 19.5 Å². The van der Waals surface area contributed by atoms with Gasteiger partial charge in [-0.25, -0.2) is 4.98 Å². The molecule has 0 spiro atoms. The van der Waals surface area contributed by atoms with Crippen LogP contribution in [0.1, 0.15) is 23.1 Å². The summed E-state index contributed by atoms with van der Waals surface area (Å²) in [5, 5.41) is 16.0. The summed E-state index contributed by atoms with van der Waals surface area (Å²) in [6.45, 7) is 1.94. The van der Waals surface area contributed by atoms with E-state index in [1.807, 2.05) is 0 Å². The zero-order valence-corrected chi connectivity index (χ0v) is 16.4. The van der Waals surface area contributed by atoms with Gasteiger partial charge in [-0.2, -0.15) is 4.73 Å². The summed E-state index contributed by atoms with van der Waals surface area (Å²) >= 11 is 1.08. The maximum Gasteiger partial charge on any atom is 0.573 e. The molecule has 0 aliphatic heterocycles. The van der Waals surface area contributed by atoms with Crippen molar-refractivity contribution in [3.63, 3.8) is 0 Å². The lowest BCUT2D eigenvalue weighted by molar-refractivity contribution is -0.614. The molecule has 2 heterocycles. The summed E-state index contributed by atoms with van der Waals surface area (Å²) in [5.74, 6) is -0.790. The van der Waals surface area contributed by atoms with Crippen LogP contribution in [0.15, 0.2) is 48.0 Å². The third-order valence-electron chi connectivity index (χ3n) is 3.74. The third-order valence-corrected chi connectivity index (χ3v) is 4.63. The number of halogens is 3. The van der Waals surface area contributed by atoms with Crippen LogP contribution in [0.25, 0.3) is 10.6 Å². The van der Waals surface area contributed by atoms with E-state index < -0.39 is 18.0 Å². The van der Waals surface area contributed by atoms with Crippen molar-refractivity contribution in [3.05, 3.63) is 64.6 Å². The smallest absolute Gasteiger partial charge is 0.573 e. The summed E-state index contributed by atoms with van der Waals surface area (Å²) in [6.07, 6.45) is -3.54. The van der Waals surface area contributed by atoms with Gasteiger partial charge in [0.15, 0.2) is 6.20 Å². The molecule has 0 saturated heterocycles. The van der Waals surface area contributed by atoms with Crippen LogP contribution in [0.5, 0.6) is 11.5 Å². The number of hydrogen-bond donors (Lipinski definition) is 1. The molecule has 0 atom stereocenters. The molecular formula is C19H16F3N3O4S. The Labute approximate surface area is 173 Å². The minimum absolute atomic E-state index is 0.000566. The minimum atomic E-state index is -4.86. The predicted octanol–water partition coefficient (Wildman–Crippen LogP) is 3.67. The molecular weight excluding hydrogens is 423 g/mol. The fourth-order valence-corrected chi connectivity index (χ4v) is 3.30. The van der Waals surface area contributed by atoms with Crippen molar-refractivity contribution >= 4 is 17.2 Å². The standard InChI is InChI=1S/C19H16F3N3O4S/c1-2-28-14-7-12(8-15(9-14)29-19(20,21)22)18-24-16(11-30-18)17(26)23-10-13-5-3-4-6-25(13)27/h3-9,11H,2,10H2,1H3,(H,23,26). The molecule has 1 N–H and O–H groups in total. The molecule has 3 aromatic rings. The highest BCUT2D eigenvalue weighted by Crippen LogP contribution is 2.34. The Bertz CT molecular complexity index is 1040. The maximum absolute atomic E-state index is 12.6. The molecule has 1 aromatic carbocycles. The van der Waals surface area contributed by atoms with Crippen molar-refractivity contribution in [1.29, 1.82) is 0 Å². The summed E-state index contributed by atoms with van der Waals surface area (Å²) in [5.41, 5.74) is 0.729. The molecule has 2 aromatic heterocycles. The van der Waals surface area contributed by atoms with E-state index >= 15 is 0 Å². The summed E-state index contributed by atoms with van der Waals surface area (Å²) in [4.78, 5) is 16.5. The number of pyridine rings is 1. The third kappa shape index (κ3) is 5.60. The molecule has 0 fully saturated rings. The number of thiazole rings is 1. The highest BCUT2D eigenvalue weighted by Gasteiger charge is 2.31. The van der Waals surface area contributed by atoms with Crippen LogP contribution in [0.2, 0.25) is 0 Å². The number of rotatable bonds is 7. The van der Waals surface area contributed by atoms with E-state index in [1.165, 1.54) is 23.7 Å². The first-order valence-electron chi connectivity index (χ1n) is 8.70. The molecule has 7 nitrogen and oxygen atoms in total. The van der Waals surface area contributed by atoms with E-state index in [9.17, 15) is 23.2 Å². The lowest BCUT2D eigenvalue weighted by Crippen LogP contribution is -2.35. The van der Waals surface area contributed by atoms with Crippen LogP contribution in [-0.2, 0) is 6.54 Å². The van der Waals surface area contributed by atoms with Gasteiger partial charge in [0.05, 0.1) is 6.61 Å². The number of alkyl halides is 3. The Balaban J connectivity index is 1.78. The summed E-state index contributed by atoms with van der Waals surface area (Å²) in [7, 11) is 0. The fourth-order valence-electron chi connectivity index (χ4n) is 2.51. The molecule has 158 valence electrons. The van der Waals surface area contributed by atoms with Crippen molar-refractivity contribution in [1.82, 2.24) is 10.3 Å². The second kappa shape index (κ2) is 8.99. The van der Waals surface area contributed by atoms with Crippen LogP contribution >= 0.6 is 11.3 Å². The van der Waals surface area contributed by atoms with Gasteiger partial charge in [-0.05, 0) is 25.1 Å². The minimum Gasteiger partial charge on any atom is -0.618 e. The topological polar surface area (TPSA) is 87.4 Å². The number of nitrogens with zero attached hydrogens (tertiary/aromatic N) is 2. The molecule has 1 amide bonds. The van der Waals surface area contributed by atoms with Gasteiger partial charge in [-0.15, -0.1) is 24.5 Å². The Hall–Kier alpha value is -3.34. The Morgan fingerprint density at radius 3 is 2.73 bits per heavy atom. The first kappa shape index (κ1) is 21.4. The van der Waals surface area contributed by atoms with Crippen LogP contribution in [-0.4, -0.2) is 23.9 Å². The monoisotopic (exact) mass is 439 g/mol. The van der Waals surface area contributed by atoms with Crippen molar-refractivity contribution in [2.75, 3.05) is 6.61 Å². The molecule has 0 aliphatic rings. The Kier molecular flexibility index (Phi) is 6.40. The van der Waals surface area contributed by atoms with Crippen LogP contribution in [0.4, 0.5) is 13.2 Å². The largest absolute Gasteiger partial charge is 0.618 e. The van der Waals surface area contributed by atoms with Gasteiger partial charge in [0, 0.05) is 29.1 Å². The van der Waals surface area contributed by atoms with Crippen molar-refractivity contribution in [2.24, 2.45) is 0 Å². The second-order valence-corrected chi connectivity index (χ2v) is 6.77. The average Bonchev–Trinajstić information content (AvgIpc) is 3.16. The van der Waals surface area contributed by atoms with Crippen molar-refractivity contribution in [3.8, 4) is 22.1 Å². The van der Waals surface area contributed by atoms with E-state index in [-0.39, 0.29) is 24.6 Å². The fraction of sp³-hybridized carbons (Fsp3) is 0.211. The SMILES string of the molecule is CCOc1cc(OC(F)(F)F)cc(-c2nc(C(=O)NCc3cccc[n+]3[O-])cs2)c1. The Morgan fingerprint density at radius 2 is 2.03 bits per heavy atom. The highest BCUT2D eigenvalue weighted by molar-refractivity contribution is 7.13. The maximum atomic E-state index is 12.6. The van der Waals surface area contributed by atoms with E-state index in [2.05, 4.69) is 15.0 Å². The number of nitrogens with one attached hydrogen (secondary N) is 1. The van der Waals surface area contributed by atoms with Gasteiger partial charge < -0.3 is 20.0 Å². The molecule has 0 radical (unpaired) electrons. The van der Waals surface area contributed by atoms with Crippen molar-refractivity contribution in [2.45, 2.75) is 19.8 Å². The van der Waals surface area contributed by atoms with E-state index in [0.29, 0.717) is 21.0 Å². The first-order chi connectivity index (χ1) is 14.2. The average molecular weight is 439 g/mol. The van der Waals surface area contributed by atoms with Gasteiger partial charge in [0.1, 0.15) is 28.7 Å². The molecule has 0 aliphatic carbocycles. The molecule has 3 rings (SSSR count). The molecule has 0 bridgehead atoms. The lowest BCUT2D eigenvalue weighted by Gasteiger charge is -2.12. The number of amides is 1. The summed E-state index contributed by atoms with van der Waals surface area (Å²) in [6, 6.07) is 8.61. The van der Waals surface area contributed by atoms with Gasteiger partial charge >= 0.3 is 6.36 Å². The number of aromatic nitrogens is 2. The summed E-state index contributed by atoms with van der Waals surface area (Å²) < 4.78 is 47.7. The zero-order valence-electron chi connectivity index (χ0n) is 15.6. The van der Waals surface area contributed by atoms with E-state index in [4.69, 9.17) is 4.74 Å². The first-order valence-corrected chi connectivity index (χ1v) is 9.58. The number of ether oxygens (including phenoxy) is 2. The Morgan fingerprint density at radius 1 is 1.27 bits per heavy atom. The van der Waals surface area contributed by atoms with Crippen molar-refractivity contribution < 1.29 is 32.2 Å². The quantitative estimate of drug-likeness (QED) is 0.448. The molecule has 11 heteroatoms. The molecule has 0 unspecified atom stereocenters.